The number of carbonyl (C=O) groups excluding carboxylic acids is 2. The van der Waals surface area contributed by atoms with Gasteiger partial charge in [-0.2, -0.15) is 0 Å². The number of hydrogen-bond donors (Lipinski definition) is 1. The van der Waals surface area contributed by atoms with Gasteiger partial charge in [0.15, 0.2) is 0 Å². The fourth-order valence-electron chi connectivity index (χ4n) is 3.12. The van der Waals surface area contributed by atoms with Gasteiger partial charge in [-0.25, -0.2) is 4.98 Å². The Morgan fingerprint density at radius 2 is 2.14 bits per heavy atom. The van der Waals surface area contributed by atoms with Gasteiger partial charge in [0.1, 0.15) is 11.4 Å². The van der Waals surface area contributed by atoms with E-state index in [-0.39, 0.29) is 23.6 Å². The van der Waals surface area contributed by atoms with Crippen LogP contribution in [0.4, 0.5) is 0 Å². The summed E-state index contributed by atoms with van der Waals surface area (Å²) in [5.74, 6) is 0.120. The van der Waals surface area contributed by atoms with Crippen molar-refractivity contribution in [2.24, 2.45) is 0 Å². The first kappa shape index (κ1) is 13.9. The quantitative estimate of drug-likeness (QED) is 0.882. The standard InChI is InChI=1S/C15H19N3O3/c19-12-5-6-13(16-9-12)15(21)17-7-1-3-11(10-17)18-8-2-4-14(18)20/h5-6,9,11,19H,1-4,7-8,10H2/t11-/m0/s1. The average Bonchev–Trinajstić information content (AvgIpc) is 2.94. The van der Waals surface area contributed by atoms with Crippen molar-refractivity contribution in [2.75, 3.05) is 19.6 Å². The highest BCUT2D eigenvalue weighted by Gasteiger charge is 2.33. The van der Waals surface area contributed by atoms with Crippen LogP contribution in [0.1, 0.15) is 36.2 Å². The third-order valence-corrected chi connectivity index (χ3v) is 4.20. The summed E-state index contributed by atoms with van der Waals surface area (Å²) in [5, 5.41) is 9.23. The van der Waals surface area contributed by atoms with Gasteiger partial charge in [0.25, 0.3) is 5.91 Å². The molecule has 1 atom stereocenters. The zero-order valence-corrected chi connectivity index (χ0v) is 11.9. The maximum atomic E-state index is 12.4. The molecule has 0 aromatic carbocycles. The fraction of sp³-hybridized carbons (Fsp3) is 0.533. The normalized spacial score (nSPS) is 22.7. The van der Waals surface area contributed by atoms with Crippen LogP contribution in [0.3, 0.4) is 0 Å². The van der Waals surface area contributed by atoms with Crippen LogP contribution in [-0.4, -0.2) is 57.4 Å². The van der Waals surface area contributed by atoms with Crippen molar-refractivity contribution in [1.29, 1.82) is 0 Å². The van der Waals surface area contributed by atoms with Crippen molar-refractivity contribution >= 4 is 11.8 Å². The third-order valence-electron chi connectivity index (χ3n) is 4.20. The molecule has 2 saturated heterocycles. The second-order valence-electron chi connectivity index (χ2n) is 5.64. The molecule has 2 aliphatic heterocycles. The Balaban J connectivity index is 1.69. The molecule has 0 saturated carbocycles. The SMILES string of the molecule is O=C(c1ccc(O)cn1)N1CCC[C@H](N2CCCC2=O)C1. The molecule has 2 aliphatic rings. The molecule has 2 fully saturated rings. The van der Waals surface area contributed by atoms with Gasteiger partial charge >= 0.3 is 0 Å². The van der Waals surface area contributed by atoms with Crippen molar-refractivity contribution in [3.63, 3.8) is 0 Å². The van der Waals surface area contributed by atoms with Crippen LogP contribution in [0, 0.1) is 0 Å². The van der Waals surface area contributed by atoms with E-state index in [2.05, 4.69) is 4.98 Å². The van der Waals surface area contributed by atoms with E-state index in [4.69, 9.17) is 0 Å². The summed E-state index contributed by atoms with van der Waals surface area (Å²) in [7, 11) is 0. The summed E-state index contributed by atoms with van der Waals surface area (Å²) in [4.78, 5) is 31.9. The Bertz CT molecular complexity index is 544. The predicted octanol–water partition coefficient (Wildman–Crippen LogP) is 1.01. The fourth-order valence-corrected chi connectivity index (χ4v) is 3.12. The van der Waals surface area contributed by atoms with E-state index >= 15 is 0 Å². The molecule has 0 aliphatic carbocycles. The molecule has 0 unspecified atom stereocenters. The summed E-state index contributed by atoms with van der Waals surface area (Å²) >= 11 is 0. The Morgan fingerprint density at radius 3 is 2.81 bits per heavy atom. The van der Waals surface area contributed by atoms with E-state index in [1.54, 1.807) is 4.90 Å². The zero-order valence-electron chi connectivity index (χ0n) is 11.9. The van der Waals surface area contributed by atoms with Crippen molar-refractivity contribution in [1.82, 2.24) is 14.8 Å². The molecule has 2 amide bonds. The van der Waals surface area contributed by atoms with Gasteiger partial charge in [-0.1, -0.05) is 0 Å². The van der Waals surface area contributed by atoms with Gasteiger partial charge in [-0.15, -0.1) is 0 Å². The first-order valence-corrected chi connectivity index (χ1v) is 7.39. The van der Waals surface area contributed by atoms with Gasteiger partial charge in [-0.05, 0) is 31.4 Å². The molecule has 0 bridgehead atoms. The van der Waals surface area contributed by atoms with E-state index in [0.717, 1.165) is 25.8 Å². The molecule has 1 aromatic heterocycles. The molecule has 1 N–H and O–H groups in total. The molecule has 1 aromatic rings. The van der Waals surface area contributed by atoms with Gasteiger partial charge < -0.3 is 14.9 Å². The van der Waals surface area contributed by atoms with E-state index in [9.17, 15) is 14.7 Å². The zero-order chi connectivity index (χ0) is 14.8. The maximum Gasteiger partial charge on any atom is 0.272 e. The van der Waals surface area contributed by atoms with Gasteiger partial charge in [0.05, 0.1) is 6.20 Å². The number of hydrogen-bond acceptors (Lipinski definition) is 4. The molecule has 21 heavy (non-hydrogen) atoms. The topological polar surface area (TPSA) is 73.7 Å². The molecule has 0 spiro atoms. The molecule has 3 heterocycles. The number of aromatic nitrogens is 1. The van der Waals surface area contributed by atoms with E-state index < -0.39 is 0 Å². The number of likely N-dealkylation sites (tertiary alicyclic amines) is 2. The van der Waals surface area contributed by atoms with Crippen LogP contribution in [-0.2, 0) is 4.79 Å². The first-order valence-electron chi connectivity index (χ1n) is 7.39. The monoisotopic (exact) mass is 289 g/mol. The van der Waals surface area contributed by atoms with Crippen LogP contribution in [0.15, 0.2) is 18.3 Å². The Kier molecular flexibility index (Phi) is 3.77. The van der Waals surface area contributed by atoms with E-state index in [1.165, 1.54) is 18.3 Å². The van der Waals surface area contributed by atoms with Crippen molar-refractivity contribution < 1.29 is 14.7 Å². The van der Waals surface area contributed by atoms with Crippen LogP contribution in [0.25, 0.3) is 0 Å². The minimum absolute atomic E-state index is 0.0470. The Labute approximate surface area is 123 Å². The Morgan fingerprint density at radius 1 is 1.29 bits per heavy atom. The van der Waals surface area contributed by atoms with Gasteiger partial charge in [0, 0.05) is 32.1 Å². The van der Waals surface area contributed by atoms with Crippen molar-refractivity contribution in [2.45, 2.75) is 31.7 Å². The number of amides is 2. The summed E-state index contributed by atoms with van der Waals surface area (Å²) < 4.78 is 0. The van der Waals surface area contributed by atoms with Crippen molar-refractivity contribution in [3.8, 4) is 5.75 Å². The highest BCUT2D eigenvalue weighted by molar-refractivity contribution is 5.92. The minimum atomic E-state index is -0.133. The van der Waals surface area contributed by atoms with E-state index in [0.29, 0.717) is 25.2 Å². The number of carbonyl (C=O) groups is 2. The van der Waals surface area contributed by atoms with Crippen LogP contribution >= 0.6 is 0 Å². The average molecular weight is 289 g/mol. The highest BCUT2D eigenvalue weighted by atomic mass is 16.3. The molecule has 0 radical (unpaired) electrons. The summed E-state index contributed by atoms with van der Waals surface area (Å²) in [6.07, 6.45) is 4.68. The summed E-state index contributed by atoms with van der Waals surface area (Å²) in [6.45, 7) is 2.08. The van der Waals surface area contributed by atoms with Gasteiger partial charge in [-0.3, -0.25) is 9.59 Å². The van der Waals surface area contributed by atoms with Gasteiger partial charge in [0.2, 0.25) is 5.91 Å². The predicted molar refractivity (Wildman–Crippen MR) is 75.8 cm³/mol. The molecule has 6 heteroatoms. The molecular weight excluding hydrogens is 270 g/mol. The smallest absolute Gasteiger partial charge is 0.272 e. The minimum Gasteiger partial charge on any atom is -0.506 e. The molecule has 112 valence electrons. The number of rotatable bonds is 2. The van der Waals surface area contributed by atoms with Crippen LogP contribution in [0.2, 0.25) is 0 Å². The summed E-state index contributed by atoms with van der Waals surface area (Å²) in [5.41, 5.74) is 0.334. The molecule has 6 nitrogen and oxygen atoms in total. The molecular formula is C15H19N3O3. The lowest BCUT2D eigenvalue weighted by Gasteiger charge is -2.37. The lowest BCUT2D eigenvalue weighted by Crippen LogP contribution is -2.50. The number of nitrogens with zero attached hydrogens (tertiary/aromatic N) is 3. The first-order chi connectivity index (χ1) is 10.1. The number of pyridine rings is 1. The lowest BCUT2D eigenvalue weighted by molar-refractivity contribution is -0.130. The number of aromatic hydroxyl groups is 1. The van der Waals surface area contributed by atoms with E-state index in [1.807, 2.05) is 4.90 Å². The lowest BCUT2D eigenvalue weighted by atomic mass is 10.0. The second-order valence-corrected chi connectivity index (χ2v) is 5.64. The summed E-state index contributed by atoms with van der Waals surface area (Å²) in [6, 6.07) is 3.13. The molecule has 3 rings (SSSR count). The van der Waals surface area contributed by atoms with Crippen molar-refractivity contribution in [3.05, 3.63) is 24.0 Å². The third kappa shape index (κ3) is 2.84. The Hall–Kier alpha value is -2.11. The highest BCUT2D eigenvalue weighted by Crippen LogP contribution is 2.22. The maximum absolute atomic E-state index is 12.4. The van der Waals surface area contributed by atoms with Crippen LogP contribution < -0.4 is 0 Å². The largest absolute Gasteiger partial charge is 0.506 e. The van der Waals surface area contributed by atoms with Crippen LogP contribution in [0.5, 0.6) is 5.75 Å². The number of piperidine rings is 1. The second kappa shape index (κ2) is 5.71.